The van der Waals surface area contributed by atoms with Gasteiger partial charge in [0.2, 0.25) is 0 Å². The molecule has 174 valence electrons. The lowest BCUT2D eigenvalue weighted by atomic mass is 9.84. The first kappa shape index (κ1) is 23.7. The number of likely N-dealkylation sites (tertiary alicyclic amines) is 1. The number of aliphatic hydroxyl groups is 1. The van der Waals surface area contributed by atoms with Gasteiger partial charge in [-0.15, -0.1) is 13.2 Å². The molecule has 11 heteroatoms. The summed E-state index contributed by atoms with van der Waals surface area (Å²) in [6.07, 6.45) is -9.45. The van der Waals surface area contributed by atoms with E-state index in [-0.39, 0.29) is 42.8 Å². The van der Waals surface area contributed by atoms with Crippen LogP contribution in [-0.4, -0.2) is 42.5 Å². The van der Waals surface area contributed by atoms with Crippen LogP contribution >= 0.6 is 0 Å². The summed E-state index contributed by atoms with van der Waals surface area (Å²) in [4.78, 5) is 14.2. The Labute approximate surface area is 179 Å². The molecule has 1 fully saturated rings. The molecule has 0 aromatic heterocycles. The van der Waals surface area contributed by atoms with Gasteiger partial charge in [0, 0.05) is 13.1 Å². The van der Waals surface area contributed by atoms with Crippen molar-refractivity contribution in [2.75, 3.05) is 20.2 Å². The smallest absolute Gasteiger partial charge is 0.496 e. The summed E-state index contributed by atoms with van der Waals surface area (Å²) in [6, 6.07) is 7.52. The van der Waals surface area contributed by atoms with Gasteiger partial charge in [0.25, 0.3) is 5.91 Å². The monoisotopic (exact) mass is 463 g/mol. The lowest BCUT2D eigenvalue weighted by molar-refractivity contribution is -0.274. The van der Waals surface area contributed by atoms with Crippen LogP contribution in [0, 0.1) is 0 Å². The zero-order valence-electron chi connectivity index (χ0n) is 16.8. The molecule has 3 rings (SSSR count). The minimum atomic E-state index is -4.88. The van der Waals surface area contributed by atoms with Crippen LogP contribution in [0.2, 0.25) is 0 Å². The number of ether oxygens (including phenoxy) is 2. The van der Waals surface area contributed by atoms with Crippen LogP contribution in [0.5, 0.6) is 11.5 Å². The van der Waals surface area contributed by atoms with E-state index in [2.05, 4.69) is 4.74 Å². The fourth-order valence-corrected chi connectivity index (χ4v) is 3.57. The third kappa shape index (κ3) is 5.26. The Bertz CT molecular complexity index is 981. The van der Waals surface area contributed by atoms with Crippen LogP contribution in [0.25, 0.3) is 0 Å². The second kappa shape index (κ2) is 8.53. The number of benzene rings is 2. The molecule has 1 heterocycles. The Morgan fingerprint density at radius 1 is 1.03 bits per heavy atom. The maximum Gasteiger partial charge on any atom is 0.573 e. The summed E-state index contributed by atoms with van der Waals surface area (Å²) < 4.78 is 84.9. The van der Waals surface area contributed by atoms with Gasteiger partial charge in [-0.1, -0.05) is 12.1 Å². The summed E-state index contributed by atoms with van der Waals surface area (Å²) in [7, 11) is 1.15. The van der Waals surface area contributed by atoms with Gasteiger partial charge in [0.15, 0.2) is 0 Å². The molecular weight excluding hydrogens is 444 g/mol. The van der Waals surface area contributed by atoms with Crippen molar-refractivity contribution in [1.29, 1.82) is 0 Å². The van der Waals surface area contributed by atoms with E-state index in [1.54, 1.807) is 0 Å². The Morgan fingerprint density at radius 2 is 1.69 bits per heavy atom. The fourth-order valence-electron chi connectivity index (χ4n) is 3.57. The molecule has 1 aliphatic rings. The lowest BCUT2D eigenvalue weighted by Gasteiger charge is -2.38. The molecule has 2 aromatic carbocycles. The number of carbonyl (C=O) groups excluding carboxylic acids is 1. The van der Waals surface area contributed by atoms with Crippen molar-refractivity contribution in [3.05, 3.63) is 59.2 Å². The van der Waals surface area contributed by atoms with E-state index in [9.17, 15) is 36.2 Å². The molecule has 1 saturated heterocycles. The number of hydrogen-bond acceptors (Lipinski definition) is 4. The molecule has 0 spiro atoms. The van der Waals surface area contributed by atoms with E-state index in [0.717, 1.165) is 37.4 Å². The van der Waals surface area contributed by atoms with Crippen molar-refractivity contribution >= 4 is 5.91 Å². The number of methoxy groups -OCH3 is 1. The molecule has 2 aromatic rings. The number of amides is 1. The first-order chi connectivity index (χ1) is 14.8. The number of piperidine rings is 1. The lowest BCUT2D eigenvalue weighted by Crippen LogP contribution is -2.45. The molecule has 1 amide bonds. The van der Waals surface area contributed by atoms with Gasteiger partial charge in [-0.05, 0) is 48.7 Å². The van der Waals surface area contributed by atoms with E-state index in [0.29, 0.717) is 0 Å². The molecule has 0 atom stereocenters. The third-order valence-electron chi connectivity index (χ3n) is 5.24. The molecule has 0 unspecified atom stereocenters. The maximum atomic E-state index is 12.9. The summed E-state index contributed by atoms with van der Waals surface area (Å²) in [5.74, 6) is -1.29. The normalized spacial score (nSPS) is 16.6. The molecule has 5 nitrogen and oxygen atoms in total. The Hall–Kier alpha value is -2.95. The molecular formula is C21H19F6NO4. The first-order valence-electron chi connectivity index (χ1n) is 9.45. The fraction of sp³-hybridized carbons (Fsp3) is 0.381. The number of carbonyl (C=O) groups is 1. The van der Waals surface area contributed by atoms with Crippen LogP contribution in [0.1, 0.15) is 34.3 Å². The van der Waals surface area contributed by atoms with E-state index in [4.69, 9.17) is 4.74 Å². The van der Waals surface area contributed by atoms with Crippen LogP contribution in [0.15, 0.2) is 42.5 Å². The van der Waals surface area contributed by atoms with Gasteiger partial charge in [-0.3, -0.25) is 4.79 Å². The summed E-state index contributed by atoms with van der Waals surface area (Å²) >= 11 is 0. The standard InChI is InChI=1S/C21H19F6NO4/c1-31-17-12-14(20(22,23)24)5-6-16(17)18(29)28-9-7-19(30,8-10-28)13-3-2-4-15(11-13)32-21(25,26)27/h2-6,11-12,30H,7-10H2,1H3. The topological polar surface area (TPSA) is 59.0 Å². The number of hydrogen-bond donors (Lipinski definition) is 1. The minimum Gasteiger partial charge on any atom is -0.496 e. The van der Waals surface area contributed by atoms with Crippen molar-refractivity contribution in [3.8, 4) is 11.5 Å². The second-order valence-electron chi connectivity index (χ2n) is 7.31. The van der Waals surface area contributed by atoms with Crippen LogP contribution < -0.4 is 9.47 Å². The largest absolute Gasteiger partial charge is 0.573 e. The average molecular weight is 463 g/mol. The van der Waals surface area contributed by atoms with Gasteiger partial charge in [-0.2, -0.15) is 13.2 Å². The predicted molar refractivity (Wildman–Crippen MR) is 100 cm³/mol. The zero-order chi connectivity index (χ0) is 23.7. The molecule has 1 N–H and O–H groups in total. The first-order valence-corrected chi connectivity index (χ1v) is 9.45. The number of alkyl halides is 6. The quantitative estimate of drug-likeness (QED) is 0.666. The highest BCUT2D eigenvalue weighted by Gasteiger charge is 2.38. The third-order valence-corrected chi connectivity index (χ3v) is 5.24. The SMILES string of the molecule is COc1cc(C(F)(F)F)ccc1C(=O)N1CCC(O)(c2cccc(OC(F)(F)F)c2)CC1. The van der Waals surface area contributed by atoms with E-state index < -0.39 is 35.4 Å². The summed E-state index contributed by atoms with van der Waals surface area (Å²) in [5.41, 5.74) is -2.31. The average Bonchev–Trinajstić information content (AvgIpc) is 2.71. The molecule has 32 heavy (non-hydrogen) atoms. The molecule has 0 radical (unpaired) electrons. The number of rotatable bonds is 4. The number of nitrogens with zero attached hydrogens (tertiary/aromatic N) is 1. The van der Waals surface area contributed by atoms with Gasteiger partial charge < -0.3 is 19.5 Å². The van der Waals surface area contributed by atoms with Crippen molar-refractivity contribution in [2.45, 2.75) is 31.0 Å². The molecule has 1 aliphatic heterocycles. The van der Waals surface area contributed by atoms with E-state index >= 15 is 0 Å². The Balaban J connectivity index is 1.74. The highest BCUT2D eigenvalue weighted by molar-refractivity contribution is 5.97. The van der Waals surface area contributed by atoms with Crippen molar-refractivity contribution in [3.63, 3.8) is 0 Å². The maximum absolute atomic E-state index is 12.9. The van der Waals surface area contributed by atoms with Crippen LogP contribution in [0.4, 0.5) is 26.3 Å². The van der Waals surface area contributed by atoms with Gasteiger partial charge in [0.05, 0.1) is 23.8 Å². The number of halogens is 6. The highest BCUT2D eigenvalue weighted by Crippen LogP contribution is 2.37. The molecule has 0 aliphatic carbocycles. The Morgan fingerprint density at radius 3 is 2.25 bits per heavy atom. The summed E-state index contributed by atoms with van der Waals surface area (Å²) in [5, 5.41) is 10.9. The van der Waals surface area contributed by atoms with Gasteiger partial charge >= 0.3 is 12.5 Å². The highest BCUT2D eigenvalue weighted by atomic mass is 19.4. The second-order valence-corrected chi connectivity index (χ2v) is 7.31. The van der Waals surface area contributed by atoms with Crippen LogP contribution in [0.3, 0.4) is 0 Å². The minimum absolute atomic E-state index is 0.0111. The van der Waals surface area contributed by atoms with Gasteiger partial charge in [-0.25, -0.2) is 0 Å². The predicted octanol–water partition coefficient (Wildman–Crippen LogP) is 4.74. The van der Waals surface area contributed by atoms with Crippen molar-refractivity contribution < 1.29 is 45.7 Å². The molecule has 0 saturated carbocycles. The molecule has 0 bridgehead atoms. The van der Waals surface area contributed by atoms with Crippen molar-refractivity contribution in [1.82, 2.24) is 4.90 Å². The Kier molecular flexibility index (Phi) is 6.32. The van der Waals surface area contributed by atoms with Crippen LogP contribution in [-0.2, 0) is 11.8 Å². The van der Waals surface area contributed by atoms with E-state index in [1.165, 1.54) is 17.0 Å². The summed E-state index contributed by atoms with van der Waals surface area (Å²) in [6.45, 7) is 0.0632. The zero-order valence-corrected chi connectivity index (χ0v) is 16.8. The van der Waals surface area contributed by atoms with Crippen molar-refractivity contribution in [2.24, 2.45) is 0 Å². The van der Waals surface area contributed by atoms with E-state index in [1.807, 2.05) is 0 Å². The van der Waals surface area contributed by atoms with Gasteiger partial charge in [0.1, 0.15) is 11.5 Å².